The fraction of sp³-hybridized carbons (Fsp3) is 0.286. The van der Waals surface area contributed by atoms with E-state index in [9.17, 15) is 0 Å². The van der Waals surface area contributed by atoms with Gasteiger partial charge in [-0.05, 0) is 37.5 Å². The minimum Gasteiger partial charge on any atom is -0.0840 e. The first kappa shape index (κ1) is 10.5. The highest BCUT2D eigenvalue weighted by Gasteiger charge is 2.11. The summed E-state index contributed by atoms with van der Waals surface area (Å²) >= 11 is 6.13. The molecule has 15 heavy (non-hydrogen) atoms. The Kier molecular flexibility index (Phi) is 2.97. The van der Waals surface area contributed by atoms with Crippen molar-refractivity contribution >= 4 is 11.6 Å². The first-order valence-electron chi connectivity index (χ1n) is 5.28. The van der Waals surface area contributed by atoms with Gasteiger partial charge in [-0.1, -0.05) is 47.5 Å². The van der Waals surface area contributed by atoms with Crippen LogP contribution in [0, 0.1) is 6.92 Å². The molecule has 0 nitrogen and oxygen atoms in total. The second kappa shape index (κ2) is 4.24. The van der Waals surface area contributed by atoms with Crippen LogP contribution in [-0.2, 0) is 0 Å². The van der Waals surface area contributed by atoms with Crippen molar-refractivity contribution in [2.45, 2.75) is 26.2 Å². The number of aryl methyl sites for hydroxylation is 1. The van der Waals surface area contributed by atoms with Crippen molar-refractivity contribution in [1.82, 2.24) is 0 Å². The summed E-state index contributed by atoms with van der Waals surface area (Å²) in [4.78, 5) is 0. The Bertz CT molecular complexity index is 427. The fourth-order valence-corrected chi connectivity index (χ4v) is 2.10. The molecule has 1 aliphatic carbocycles. The summed E-state index contributed by atoms with van der Waals surface area (Å²) in [6.45, 7) is 4.17. The summed E-state index contributed by atoms with van der Waals surface area (Å²) < 4.78 is 0. The number of halogens is 1. The zero-order chi connectivity index (χ0) is 10.8. The molecule has 0 saturated carbocycles. The number of hydrogen-bond acceptors (Lipinski definition) is 0. The zero-order valence-electron chi connectivity index (χ0n) is 9.13. The summed E-state index contributed by atoms with van der Waals surface area (Å²) in [7, 11) is 0. The lowest BCUT2D eigenvalue weighted by atomic mass is 9.90. The van der Waals surface area contributed by atoms with Crippen molar-refractivity contribution in [3.8, 4) is 0 Å². The Morgan fingerprint density at radius 1 is 1.27 bits per heavy atom. The average Bonchev–Trinajstić information content (AvgIpc) is 2.22. The van der Waals surface area contributed by atoms with Gasteiger partial charge in [0.2, 0.25) is 0 Å². The van der Waals surface area contributed by atoms with Crippen LogP contribution in [0.3, 0.4) is 0 Å². The van der Waals surface area contributed by atoms with Gasteiger partial charge in [-0.25, -0.2) is 0 Å². The van der Waals surface area contributed by atoms with E-state index in [1.807, 2.05) is 6.92 Å². The summed E-state index contributed by atoms with van der Waals surface area (Å²) in [5.41, 5.74) is 3.80. The molecule has 2 rings (SSSR count). The van der Waals surface area contributed by atoms with Crippen LogP contribution in [0.5, 0.6) is 0 Å². The van der Waals surface area contributed by atoms with Gasteiger partial charge in [0.1, 0.15) is 0 Å². The predicted molar refractivity (Wildman–Crippen MR) is 66.4 cm³/mol. The lowest BCUT2D eigenvalue weighted by molar-refractivity contribution is 0.843. The normalized spacial score (nSPS) is 20.2. The van der Waals surface area contributed by atoms with Crippen LogP contribution in [-0.4, -0.2) is 0 Å². The van der Waals surface area contributed by atoms with Gasteiger partial charge in [0, 0.05) is 10.9 Å². The second-order valence-corrected chi connectivity index (χ2v) is 4.57. The maximum atomic E-state index is 6.13. The third-order valence-electron chi connectivity index (χ3n) is 2.86. The summed E-state index contributed by atoms with van der Waals surface area (Å²) in [5.74, 6) is 0.494. The van der Waals surface area contributed by atoms with Crippen LogP contribution >= 0.6 is 11.6 Å². The molecule has 0 heterocycles. The molecule has 0 radical (unpaired) electrons. The molecular formula is C14H15Cl. The minimum atomic E-state index is 0.494. The van der Waals surface area contributed by atoms with Crippen molar-refractivity contribution in [3.63, 3.8) is 0 Å². The molecule has 1 heteroatoms. The molecule has 0 fully saturated rings. The van der Waals surface area contributed by atoms with Gasteiger partial charge in [-0.3, -0.25) is 0 Å². The molecule has 0 spiro atoms. The predicted octanol–water partition coefficient (Wildman–Crippen LogP) is 4.64. The Hall–Kier alpha value is -1.01. The average molecular weight is 219 g/mol. The fourth-order valence-electron chi connectivity index (χ4n) is 1.91. The van der Waals surface area contributed by atoms with Crippen molar-refractivity contribution in [2.24, 2.45) is 0 Å². The summed E-state index contributed by atoms with van der Waals surface area (Å²) in [6, 6.07) is 6.36. The molecule has 1 aromatic carbocycles. The first-order chi connectivity index (χ1) is 7.16. The van der Waals surface area contributed by atoms with Gasteiger partial charge >= 0.3 is 0 Å². The van der Waals surface area contributed by atoms with Gasteiger partial charge in [0.25, 0.3) is 0 Å². The molecule has 1 unspecified atom stereocenters. The quantitative estimate of drug-likeness (QED) is 0.644. The van der Waals surface area contributed by atoms with Crippen LogP contribution in [0.4, 0.5) is 0 Å². The molecular weight excluding hydrogens is 204 g/mol. The number of hydrogen-bond donors (Lipinski definition) is 0. The molecule has 0 amide bonds. The largest absolute Gasteiger partial charge is 0.0840 e. The van der Waals surface area contributed by atoms with E-state index in [-0.39, 0.29) is 0 Å². The molecule has 0 saturated heterocycles. The lowest BCUT2D eigenvalue weighted by Crippen LogP contribution is -1.98. The summed E-state index contributed by atoms with van der Waals surface area (Å²) in [5, 5.41) is 0.869. The van der Waals surface area contributed by atoms with Gasteiger partial charge in [0.15, 0.2) is 0 Å². The standard InChI is InChI=1S/C14H15Cl/c1-10-4-3-5-12(8-10)13-7-6-11(2)14(15)9-13/h3-4,6-9,12H,5H2,1-2H3. The topological polar surface area (TPSA) is 0 Å². The molecule has 1 aromatic rings. The Balaban J connectivity index is 2.31. The van der Waals surface area contributed by atoms with E-state index in [0.717, 1.165) is 17.0 Å². The SMILES string of the molecule is CC1=CC(c2ccc(C)c(Cl)c2)CC=C1. The Morgan fingerprint density at radius 3 is 2.73 bits per heavy atom. The zero-order valence-corrected chi connectivity index (χ0v) is 9.88. The molecule has 0 aromatic heterocycles. The lowest BCUT2D eigenvalue weighted by Gasteiger charge is -2.16. The first-order valence-corrected chi connectivity index (χ1v) is 5.65. The van der Waals surface area contributed by atoms with E-state index in [1.54, 1.807) is 0 Å². The maximum Gasteiger partial charge on any atom is 0.0438 e. The van der Waals surface area contributed by atoms with E-state index in [0.29, 0.717) is 5.92 Å². The smallest absolute Gasteiger partial charge is 0.0438 e. The van der Waals surface area contributed by atoms with Gasteiger partial charge in [-0.2, -0.15) is 0 Å². The molecule has 0 aliphatic heterocycles. The van der Waals surface area contributed by atoms with Crippen LogP contribution in [0.15, 0.2) is 42.0 Å². The third-order valence-corrected chi connectivity index (χ3v) is 3.27. The Labute approximate surface area is 96.3 Å². The summed E-state index contributed by atoms with van der Waals surface area (Å²) in [6.07, 6.45) is 7.79. The number of allylic oxidation sites excluding steroid dienone is 4. The van der Waals surface area contributed by atoms with E-state index in [1.165, 1.54) is 11.1 Å². The highest BCUT2D eigenvalue weighted by Crippen LogP contribution is 2.29. The van der Waals surface area contributed by atoms with E-state index < -0.39 is 0 Å². The highest BCUT2D eigenvalue weighted by molar-refractivity contribution is 6.31. The van der Waals surface area contributed by atoms with Crippen LogP contribution in [0.25, 0.3) is 0 Å². The van der Waals surface area contributed by atoms with Crippen LogP contribution in [0.2, 0.25) is 5.02 Å². The molecule has 0 bridgehead atoms. The van der Waals surface area contributed by atoms with Crippen molar-refractivity contribution in [1.29, 1.82) is 0 Å². The van der Waals surface area contributed by atoms with E-state index in [4.69, 9.17) is 11.6 Å². The van der Waals surface area contributed by atoms with Crippen molar-refractivity contribution < 1.29 is 0 Å². The monoisotopic (exact) mass is 218 g/mol. The molecule has 1 aliphatic rings. The second-order valence-electron chi connectivity index (χ2n) is 4.16. The molecule has 0 N–H and O–H groups in total. The number of benzene rings is 1. The van der Waals surface area contributed by atoms with Crippen molar-refractivity contribution in [3.05, 3.63) is 58.1 Å². The highest BCUT2D eigenvalue weighted by atomic mass is 35.5. The molecule has 78 valence electrons. The van der Waals surface area contributed by atoms with Crippen molar-refractivity contribution in [2.75, 3.05) is 0 Å². The minimum absolute atomic E-state index is 0.494. The maximum absolute atomic E-state index is 6.13. The van der Waals surface area contributed by atoms with Crippen LogP contribution < -0.4 is 0 Å². The van der Waals surface area contributed by atoms with E-state index in [2.05, 4.69) is 43.4 Å². The Morgan fingerprint density at radius 2 is 2.07 bits per heavy atom. The third kappa shape index (κ3) is 2.32. The van der Waals surface area contributed by atoms with Gasteiger partial charge < -0.3 is 0 Å². The van der Waals surface area contributed by atoms with Gasteiger partial charge in [-0.15, -0.1) is 0 Å². The van der Waals surface area contributed by atoms with Crippen LogP contribution in [0.1, 0.15) is 30.4 Å². The van der Waals surface area contributed by atoms with E-state index >= 15 is 0 Å². The number of rotatable bonds is 1. The molecule has 1 atom stereocenters. The van der Waals surface area contributed by atoms with Gasteiger partial charge in [0.05, 0.1) is 0 Å².